The van der Waals surface area contributed by atoms with Crippen LogP contribution in [0.3, 0.4) is 0 Å². The summed E-state index contributed by atoms with van der Waals surface area (Å²) >= 11 is 1.62. The number of benzene rings is 1. The molecule has 3 aliphatic heterocycles. The van der Waals surface area contributed by atoms with E-state index < -0.39 is 17.5 Å². The molecule has 4 atom stereocenters. The standard InChI is InChI=1S/C28H39N3O4S/c1-28(2,3)25(27(34)31-15-22(36-4)24-23(31)21(32)16-35-24)29-26(33)19-7-5-17(6-8-19)18-11-13-30(14-12-18)20-9-10-20/h5-8,18,20,22-25H,9-16H2,1-4H3,(H,29,33)/t22-,23+,24+,25?/m0/s1. The van der Waals surface area contributed by atoms with Gasteiger partial charge in [0, 0.05) is 18.2 Å². The molecule has 1 aromatic rings. The van der Waals surface area contributed by atoms with Gasteiger partial charge in [0.25, 0.3) is 5.91 Å². The number of carbonyl (C=O) groups is 3. The Bertz CT molecular complexity index is 995. The Kier molecular flexibility index (Phi) is 7.22. The molecule has 0 radical (unpaired) electrons. The number of likely N-dealkylation sites (tertiary alicyclic amines) is 2. The zero-order valence-electron chi connectivity index (χ0n) is 21.9. The molecule has 2 amide bonds. The van der Waals surface area contributed by atoms with E-state index in [1.807, 2.05) is 39.2 Å². The fourth-order valence-corrected chi connectivity index (χ4v) is 6.83. The average molecular weight is 514 g/mol. The molecular weight excluding hydrogens is 474 g/mol. The van der Waals surface area contributed by atoms with Crippen LogP contribution in [0.15, 0.2) is 24.3 Å². The van der Waals surface area contributed by atoms with Crippen molar-refractivity contribution >= 4 is 29.4 Å². The van der Waals surface area contributed by atoms with Crippen molar-refractivity contribution < 1.29 is 19.1 Å². The van der Waals surface area contributed by atoms with Crippen LogP contribution in [0.25, 0.3) is 0 Å². The number of rotatable bonds is 6. The van der Waals surface area contributed by atoms with Gasteiger partial charge in [-0.1, -0.05) is 32.9 Å². The van der Waals surface area contributed by atoms with Crippen LogP contribution in [0, 0.1) is 5.41 Å². The largest absolute Gasteiger partial charge is 0.367 e. The van der Waals surface area contributed by atoms with Gasteiger partial charge in [-0.15, -0.1) is 0 Å². The summed E-state index contributed by atoms with van der Waals surface area (Å²) in [6.07, 6.45) is 6.75. The molecule has 4 aliphatic rings. The average Bonchev–Trinajstić information content (AvgIpc) is 3.55. The number of thioether (sulfide) groups is 1. The number of piperidine rings is 1. The van der Waals surface area contributed by atoms with Crippen molar-refractivity contribution in [3.63, 3.8) is 0 Å². The highest BCUT2D eigenvalue weighted by Gasteiger charge is 2.53. The first-order valence-electron chi connectivity index (χ1n) is 13.3. The van der Waals surface area contributed by atoms with Crippen molar-refractivity contribution in [2.45, 2.75) is 81.9 Å². The number of ketones is 1. The molecule has 196 valence electrons. The van der Waals surface area contributed by atoms with Crippen molar-refractivity contribution in [2.24, 2.45) is 5.41 Å². The van der Waals surface area contributed by atoms with Crippen molar-refractivity contribution in [3.05, 3.63) is 35.4 Å². The van der Waals surface area contributed by atoms with E-state index in [-0.39, 0.29) is 35.6 Å². The highest BCUT2D eigenvalue weighted by atomic mass is 32.2. The zero-order valence-corrected chi connectivity index (χ0v) is 22.7. The number of hydrogen-bond acceptors (Lipinski definition) is 6. The van der Waals surface area contributed by atoms with Crippen LogP contribution in [-0.4, -0.2) is 89.4 Å². The molecule has 7 nitrogen and oxygen atoms in total. The molecule has 1 aromatic carbocycles. The third kappa shape index (κ3) is 5.09. The summed E-state index contributed by atoms with van der Waals surface area (Å²) in [6, 6.07) is 7.44. The van der Waals surface area contributed by atoms with Gasteiger partial charge in [-0.05, 0) is 74.1 Å². The van der Waals surface area contributed by atoms with Gasteiger partial charge in [0.1, 0.15) is 18.7 Å². The second-order valence-electron chi connectivity index (χ2n) is 11.9. The summed E-state index contributed by atoms with van der Waals surface area (Å²) < 4.78 is 5.72. The summed E-state index contributed by atoms with van der Waals surface area (Å²) in [5.41, 5.74) is 1.33. The fraction of sp³-hybridized carbons (Fsp3) is 0.679. The SMILES string of the molecule is CS[C@H]1CN(C(=O)C(NC(=O)c2ccc(C3CCN(C4CC4)CC3)cc2)C(C)(C)C)[C@@H]2C(=O)CO[C@H]12. The first-order chi connectivity index (χ1) is 17.2. The molecule has 0 spiro atoms. The van der Waals surface area contributed by atoms with Crippen LogP contribution in [0.2, 0.25) is 0 Å². The minimum atomic E-state index is -0.744. The molecule has 1 aliphatic carbocycles. The molecule has 0 aromatic heterocycles. The van der Waals surface area contributed by atoms with Crippen LogP contribution in [0.4, 0.5) is 0 Å². The lowest BCUT2D eigenvalue weighted by atomic mass is 9.85. The normalized spacial score (nSPS) is 28.3. The third-order valence-electron chi connectivity index (χ3n) is 8.35. The van der Waals surface area contributed by atoms with Crippen molar-refractivity contribution in [3.8, 4) is 0 Å². The number of fused-ring (bicyclic) bond motifs is 1. The van der Waals surface area contributed by atoms with E-state index in [1.54, 1.807) is 16.7 Å². The number of nitrogens with one attached hydrogen (secondary N) is 1. The van der Waals surface area contributed by atoms with E-state index in [0.717, 1.165) is 19.1 Å². The Hall–Kier alpha value is -1.90. The lowest BCUT2D eigenvalue weighted by Gasteiger charge is -2.35. The Morgan fingerprint density at radius 3 is 2.33 bits per heavy atom. The number of amides is 2. The Morgan fingerprint density at radius 2 is 1.75 bits per heavy atom. The van der Waals surface area contributed by atoms with Crippen LogP contribution >= 0.6 is 11.8 Å². The molecule has 5 rings (SSSR count). The van der Waals surface area contributed by atoms with Gasteiger partial charge in [-0.3, -0.25) is 14.4 Å². The van der Waals surface area contributed by atoms with Gasteiger partial charge in [-0.25, -0.2) is 0 Å². The highest BCUT2D eigenvalue weighted by molar-refractivity contribution is 7.99. The minimum Gasteiger partial charge on any atom is -0.367 e. The van der Waals surface area contributed by atoms with Crippen molar-refractivity contribution in [1.82, 2.24) is 15.1 Å². The Balaban J connectivity index is 1.25. The molecule has 3 heterocycles. The van der Waals surface area contributed by atoms with Gasteiger partial charge in [0.05, 0.1) is 11.4 Å². The molecule has 1 saturated carbocycles. The van der Waals surface area contributed by atoms with Gasteiger partial charge in [0.2, 0.25) is 5.91 Å². The van der Waals surface area contributed by atoms with Gasteiger partial charge >= 0.3 is 0 Å². The Labute approximate surface area is 218 Å². The monoisotopic (exact) mass is 513 g/mol. The maximum absolute atomic E-state index is 13.7. The smallest absolute Gasteiger partial charge is 0.251 e. The van der Waals surface area contributed by atoms with Gasteiger partial charge < -0.3 is 19.9 Å². The van der Waals surface area contributed by atoms with Gasteiger partial charge in [-0.2, -0.15) is 11.8 Å². The number of nitrogens with zero attached hydrogens (tertiary/aromatic N) is 2. The summed E-state index contributed by atoms with van der Waals surface area (Å²) in [7, 11) is 0. The maximum Gasteiger partial charge on any atom is 0.251 e. The number of Topliss-reactive ketones (excluding diaryl/α,β-unsaturated/α-hetero) is 1. The van der Waals surface area contributed by atoms with Crippen LogP contribution in [-0.2, 0) is 14.3 Å². The predicted octanol–water partition coefficient (Wildman–Crippen LogP) is 3.08. The quantitative estimate of drug-likeness (QED) is 0.630. The molecule has 4 fully saturated rings. The van der Waals surface area contributed by atoms with Crippen LogP contribution in [0.5, 0.6) is 0 Å². The predicted molar refractivity (Wildman–Crippen MR) is 141 cm³/mol. The lowest BCUT2D eigenvalue weighted by Crippen LogP contribution is -2.57. The zero-order chi connectivity index (χ0) is 25.6. The van der Waals surface area contributed by atoms with E-state index in [0.29, 0.717) is 18.0 Å². The fourth-order valence-electron chi connectivity index (χ4n) is 6.02. The third-order valence-corrected chi connectivity index (χ3v) is 9.37. The summed E-state index contributed by atoms with van der Waals surface area (Å²) in [4.78, 5) is 43.8. The molecule has 0 bridgehead atoms. The van der Waals surface area contributed by atoms with E-state index in [1.165, 1.54) is 31.2 Å². The van der Waals surface area contributed by atoms with E-state index in [2.05, 4.69) is 22.3 Å². The molecule has 1 unspecified atom stereocenters. The number of hydrogen-bond donors (Lipinski definition) is 1. The molecular formula is C28H39N3O4S. The number of carbonyl (C=O) groups excluding carboxylic acids is 3. The van der Waals surface area contributed by atoms with Crippen LogP contribution < -0.4 is 5.32 Å². The second kappa shape index (κ2) is 10.1. The Morgan fingerprint density at radius 1 is 1.08 bits per heavy atom. The van der Waals surface area contributed by atoms with E-state index in [4.69, 9.17) is 4.74 Å². The molecule has 1 N–H and O–H groups in total. The summed E-state index contributed by atoms with van der Waals surface area (Å²) in [6.45, 7) is 8.66. The lowest BCUT2D eigenvalue weighted by molar-refractivity contribution is -0.140. The second-order valence-corrected chi connectivity index (χ2v) is 13.0. The minimum absolute atomic E-state index is 0.0503. The van der Waals surface area contributed by atoms with E-state index >= 15 is 0 Å². The molecule has 36 heavy (non-hydrogen) atoms. The van der Waals surface area contributed by atoms with Crippen molar-refractivity contribution in [1.29, 1.82) is 0 Å². The topological polar surface area (TPSA) is 79.0 Å². The first-order valence-corrected chi connectivity index (χ1v) is 14.6. The van der Waals surface area contributed by atoms with E-state index in [9.17, 15) is 14.4 Å². The first kappa shape index (κ1) is 25.7. The molecule has 8 heteroatoms. The summed E-state index contributed by atoms with van der Waals surface area (Å²) in [5, 5.41) is 3.07. The maximum atomic E-state index is 13.7. The molecule has 3 saturated heterocycles. The number of ether oxygens (including phenoxy) is 1. The highest BCUT2D eigenvalue weighted by Crippen LogP contribution is 2.36. The van der Waals surface area contributed by atoms with Crippen molar-refractivity contribution in [2.75, 3.05) is 32.5 Å². The van der Waals surface area contributed by atoms with Gasteiger partial charge in [0.15, 0.2) is 5.78 Å². The summed E-state index contributed by atoms with van der Waals surface area (Å²) in [5.74, 6) is 0.0203. The van der Waals surface area contributed by atoms with Crippen LogP contribution in [0.1, 0.15) is 68.3 Å².